The molecule has 1 aromatic heterocycles. The number of carbonyl (C=O) groups is 1. The van der Waals surface area contributed by atoms with Gasteiger partial charge in [0.05, 0.1) is 23.7 Å². The quantitative estimate of drug-likeness (QED) is 0.571. The van der Waals surface area contributed by atoms with Crippen molar-refractivity contribution in [3.8, 4) is 17.0 Å². The van der Waals surface area contributed by atoms with Crippen LogP contribution in [0.5, 0.6) is 5.75 Å². The average Bonchev–Trinajstić information content (AvgIpc) is 3.05. The van der Waals surface area contributed by atoms with E-state index < -0.39 is 0 Å². The summed E-state index contributed by atoms with van der Waals surface area (Å²) in [5, 5.41) is 6.29. The van der Waals surface area contributed by atoms with Gasteiger partial charge < -0.3 is 10.1 Å². The normalized spacial score (nSPS) is 10.6. The van der Waals surface area contributed by atoms with Gasteiger partial charge in [-0.05, 0) is 42.8 Å². The standard InChI is InChI=1S/C19H16Cl2N2O2S/c1-2-25-14-6-3-12(4-7-14)9-18(24)23-19-22-17(11-26-19)15-8-5-13(20)10-16(15)21/h3-8,10-11H,2,9H2,1H3,(H,22,23,24). The van der Waals surface area contributed by atoms with Crippen LogP contribution in [0, 0.1) is 0 Å². The Hall–Kier alpha value is -2.08. The van der Waals surface area contributed by atoms with Gasteiger partial charge in [0, 0.05) is 16.0 Å². The van der Waals surface area contributed by atoms with Gasteiger partial charge in [-0.25, -0.2) is 4.98 Å². The number of amides is 1. The third-order valence-corrected chi connectivity index (χ3v) is 4.86. The first-order chi connectivity index (χ1) is 12.5. The number of ether oxygens (including phenoxy) is 1. The van der Waals surface area contributed by atoms with Crippen LogP contribution in [0.15, 0.2) is 47.8 Å². The molecule has 134 valence electrons. The molecule has 3 aromatic rings. The number of hydrogen-bond acceptors (Lipinski definition) is 4. The highest BCUT2D eigenvalue weighted by atomic mass is 35.5. The van der Waals surface area contributed by atoms with E-state index in [1.54, 1.807) is 12.1 Å². The fourth-order valence-corrected chi connectivity index (χ4v) is 3.60. The molecule has 26 heavy (non-hydrogen) atoms. The van der Waals surface area contributed by atoms with Gasteiger partial charge in [-0.1, -0.05) is 35.3 Å². The number of nitrogens with zero attached hydrogens (tertiary/aromatic N) is 1. The summed E-state index contributed by atoms with van der Waals surface area (Å²) in [7, 11) is 0. The topological polar surface area (TPSA) is 51.2 Å². The van der Waals surface area contributed by atoms with Gasteiger partial charge in [0.25, 0.3) is 0 Å². The van der Waals surface area contributed by atoms with Crippen molar-refractivity contribution in [1.82, 2.24) is 4.98 Å². The minimum Gasteiger partial charge on any atom is -0.494 e. The van der Waals surface area contributed by atoms with E-state index in [4.69, 9.17) is 27.9 Å². The molecule has 0 saturated carbocycles. The van der Waals surface area contributed by atoms with E-state index in [2.05, 4.69) is 10.3 Å². The van der Waals surface area contributed by atoms with E-state index in [1.165, 1.54) is 11.3 Å². The van der Waals surface area contributed by atoms with Crippen LogP contribution in [-0.4, -0.2) is 17.5 Å². The van der Waals surface area contributed by atoms with Crippen molar-refractivity contribution >= 4 is 45.6 Å². The zero-order chi connectivity index (χ0) is 18.5. The van der Waals surface area contributed by atoms with Gasteiger partial charge in [-0.3, -0.25) is 4.79 Å². The number of anilines is 1. The molecule has 3 rings (SSSR count). The lowest BCUT2D eigenvalue weighted by atomic mass is 10.1. The molecular formula is C19H16Cl2N2O2S. The molecule has 7 heteroatoms. The Morgan fingerprint density at radius 3 is 2.65 bits per heavy atom. The first-order valence-corrected chi connectivity index (χ1v) is 9.61. The van der Waals surface area contributed by atoms with Crippen molar-refractivity contribution in [2.45, 2.75) is 13.3 Å². The number of halogens is 2. The van der Waals surface area contributed by atoms with Crippen molar-refractivity contribution in [2.75, 3.05) is 11.9 Å². The largest absolute Gasteiger partial charge is 0.494 e. The minimum absolute atomic E-state index is 0.128. The number of hydrogen-bond donors (Lipinski definition) is 1. The molecule has 0 fully saturated rings. The van der Waals surface area contributed by atoms with Gasteiger partial charge in [0.1, 0.15) is 5.75 Å². The number of nitrogens with one attached hydrogen (secondary N) is 1. The van der Waals surface area contributed by atoms with Gasteiger partial charge in [-0.2, -0.15) is 0 Å². The Balaban J connectivity index is 1.64. The molecule has 0 unspecified atom stereocenters. The highest BCUT2D eigenvalue weighted by Gasteiger charge is 2.11. The number of carbonyl (C=O) groups excluding carboxylic acids is 1. The lowest BCUT2D eigenvalue weighted by Crippen LogP contribution is -2.14. The Morgan fingerprint density at radius 1 is 1.19 bits per heavy atom. The highest BCUT2D eigenvalue weighted by molar-refractivity contribution is 7.14. The van der Waals surface area contributed by atoms with Gasteiger partial charge >= 0.3 is 0 Å². The summed E-state index contributed by atoms with van der Waals surface area (Å²) in [5.74, 6) is 0.665. The summed E-state index contributed by atoms with van der Waals surface area (Å²) in [5.41, 5.74) is 2.39. The van der Waals surface area contributed by atoms with Crippen molar-refractivity contribution < 1.29 is 9.53 Å². The molecule has 4 nitrogen and oxygen atoms in total. The zero-order valence-corrected chi connectivity index (χ0v) is 16.3. The third kappa shape index (κ3) is 4.75. The minimum atomic E-state index is -0.128. The smallest absolute Gasteiger partial charge is 0.230 e. The predicted octanol–water partition coefficient (Wildman–Crippen LogP) is 5.70. The van der Waals surface area contributed by atoms with E-state index in [0.29, 0.717) is 27.5 Å². The maximum atomic E-state index is 12.2. The number of thiazole rings is 1. The fourth-order valence-electron chi connectivity index (χ4n) is 2.37. The Morgan fingerprint density at radius 2 is 1.96 bits per heavy atom. The Labute approximate surface area is 165 Å². The first-order valence-electron chi connectivity index (χ1n) is 7.97. The molecule has 0 radical (unpaired) electrons. The Kier molecular flexibility index (Phi) is 6.14. The molecule has 1 amide bonds. The lowest BCUT2D eigenvalue weighted by molar-refractivity contribution is -0.115. The molecule has 1 N–H and O–H groups in total. The summed E-state index contributed by atoms with van der Waals surface area (Å²) in [6, 6.07) is 12.7. The maximum Gasteiger partial charge on any atom is 0.230 e. The summed E-state index contributed by atoms with van der Waals surface area (Å²) >= 11 is 13.5. The van der Waals surface area contributed by atoms with Crippen molar-refractivity contribution in [3.05, 3.63) is 63.5 Å². The predicted molar refractivity (Wildman–Crippen MR) is 108 cm³/mol. The second kappa shape index (κ2) is 8.54. The van der Waals surface area contributed by atoms with Crippen LogP contribution in [0.2, 0.25) is 10.0 Å². The lowest BCUT2D eigenvalue weighted by Gasteiger charge is -2.05. The molecule has 2 aromatic carbocycles. The third-order valence-electron chi connectivity index (χ3n) is 3.56. The molecule has 0 bridgehead atoms. The average molecular weight is 407 g/mol. The molecule has 0 atom stereocenters. The Bertz CT molecular complexity index is 910. The van der Waals surface area contributed by atoms with Crippen LogP contribution in [0.4, 0.5) is 5.13 Å². The number of benzene rings is 2. The second-order valence-corrected chi connectivity index (χ2v) is 7.17. The van der Waals surface area contributed by atoms with Gasteiger partial charge in [0.2, 0.25) is 5.91 Å². The summed E-state index contributed by atoms with van der Waals surface area (Å²) < 4.78 is 5.40. The van der Waals surface area contributed by atoms with Crippen LogP contribution in [0.3, 0.4) is 0 Å². The molecular weight excluding hydrogens is 391 g/mol. The van der Waals surface area contributed by atoms with Crippen LogP contribution in [-0.2, 0) is 11.2 Å². The summed E-state index contributed by atoms with van der Waals surface area (Å²) in [6.45, 7) is 2.55. The van der Waals surface area contributed by atoms with E-state index in [1.807, 2.05) is 42.6 Å². The van der Waals surface area contributed by atoms with E-state index >= 15 is 0 Å². The molecule has 0 aliphatic heterocycles. The van der Waals surface area contributed by atoms with E-state index in [0.717, 1.165) is 16.9 Å². The SMILES string of the molecule is CCOc1ccc(CC(=O)Nc2nc(-c3ccc(Cl)cc3Cl)cs2)cc1. The van der Waals surface area contributed by atoms with Crippen LogP contribution < -0.4 is 10.1 Å². The summed E-state index contributed by atoms with van der Waals surface area (Å²) in [4.78, 5) is 16.7. The van der Waals surface area contributed by atoms with Crippen LogP contribution >= 0.6 is 34.5 Å². The second-order valence-electron chi connectivity index (χ2n) is 5.46. The molecule has 0 aliphatic rings. The zero-order valence-electron chi connectivity index (χ0n) is 14.0. The number of aromatic nitrogens is 1. The number of rotatable bonds is 6. The summed E-state index contributed by atoms with van der Waals surface area (Å²) in [6.07, 6.45) is 0.267. The molecule has 0 aliphatic carbocycles. The van der Waals surface area contributed by atoms with Crippen molar-refractivity contribution in [2.24, 2.45) is 0 Å². The molecule has 1 heterocycles. The highest BCUT2D eigenvalue weighted by Crippen LogP contribution is 2.32. The van der Waals surface area contributed by atoms with Crippen LogP contribution in [0.25, 0.3) is 11.3 Å². The maximum absolute atomic E-state index is 12.2. The van der Waals surface area contributed by atoms with Gasteiger partial charge in [0.15, 0.2) is 5.13 Å². The van der Waals surface area contributed by atoms with Gasteiger partial charge in [-0.15, -0.1) is 11.3 Å². The van der Waals surface area contributed by atoms with E-state index in [9.17, 15) is 4.79 Å². The van der Waals surface area contributed by atoms with Crippen molar-refractivity contribution in [3.63, 3.8) is 0 Å². The van der Waals surface area contributed by atoms with Crippen molar-refractivity contribution in [1.29, 1.82) is 0 Å². The molecule has 0 spiro atoms. The molecule has 0 saturated heterocycles. The monoisotopic (exact) mass is 406 g/mol. The fraction of sp³-hybridized carbons (Fsp3) is 0.158. The van der Waals surface area contributed by atoms with E-state index in [-0.39, 0.29) is 12.3 Å². The van der Waals surface area contributed by atoms with Crippen LogP contribution in [0.1, 0.15) is 12.5 Å². The first kappa shape index (κ1) is 18.7.